The lowest BCUT2D eigenvalue weighted by Gasteiger charge is -2.19. The number of hydrogen-bond donors (Lipinski definition) is 0. The first-order valence-corrected chi connectivity index (χ1v) is 7.96. The van der Waals surface area contributed by atoms with Gasteiger partial charge in [-0.05, 0) is 23.3 Å². The van der Waals surface area contributed by atoms with Crippen LogP contribution in [0.4, 0.5) is 0 Å². The number of rotatable bonds is 3. The summed E-state index contributed by atoms with van der Waals surface area (Å²) in [5.74, 6) is 2.09. The highest BCUT2D eigenvalue weighted by molar-refractivity contribution is 7.99. The number of ketones is 1. The fourth-order valence-electron chi connectivity index (χ4n) is 2.51. The van der Waals surface area contributed by atoms with Crippen molar-refractivity contribution in [2.75, 3.05) is 11.5 Å². The van der Waals surface area contributed by atoms with Gasteiger partial charge in [0.2, 0.25) is 0 Å². The van der Waals surface area contributed by atoms with Crippen LogP contribution in [-0.4, -0.2) is 17.3 Å². The van der Waals surface area contributed by atoms with Gasteiger partial charge in [0.1, 0.15) is 0 Å². The average molecular weight is 280 g/mol. The fourth-order valence-corrected chi connectivity index (χ4v) is 3.51. The quantitative estimate of drug-likeness (QED) is 0.772. The van der Waals surface area contributed by atoms with Gasteiger partial charge < -0.3 is 0 Å². The number of Topliss-reactive ketones (excluding diaryl/α,β-unsaturated/α-hetero) is 1. The monoisotopic (exact) mass is 280 g/mol. The summed E-state index contributed by atoms with van der Waals surface area (Å²) >= 11 is 1.85. The highest BCUT2D eigenvalue weighted by Crippen LogP contribution is 2.32. The Hall–Kier alpha value is -1.80. The third-order valence-electron chi connectivity index (χ3n) is 3.54. The molecule has 0 fully saturated rings. The summed E-state index contributed by atoms with van der Waals surface area (Å²) < 4.78 is 0. The van der Waals surface area contributed by atoms with E-state index < -0.39 is 0 Å². The van der Waals surface area contributed by atoms with Crippen molar-refractivity contribution in [1.29, 1.82) is 0 Å². The van der Waals surface area contributed by atoms with Gasteiger partial charge in [-0.1, -0.05) is 60.7 Å². The van der Waals surface area contributed by atoms with E-state index in [1.807, 2.05) is 60.3 Å². The van der Waals surface area contributed by atoms with Crippen LogP contribution in [0.2, 0.25) is 0 Å². The first-order chi connectivity index (χ1) is 9.86. The molecule has 1 aliphatic rings. The molecule has 2 aromatic rings. The van der Waals surface area contributed by atoms with Gasteiger partial charge in [-0.3, -0.25) is 4.79 Å². The van der Waals surface area contributed by atoms with Crippen molar-refractivity contribution in [3.05, 3.63) is 77.4 Å². The van der Waals surface area contributed by atoms with Crippen molar-refractivity contribution < 1.29 is 4.79 Å². The van der Waals surface area contributed by atoms with E-state index in [0.29, 0.717) is 0 Å². The molecule has 2 aromatic carbocycles. The summed E-state index contributed by atoms with van der Waals surface area (Å²) in [5, 5.41) is 0. The largest absolute Gasteiger partial charge is 0.289 e. The molecule has 3 rings (SSSR count). The Morgan fingerprint density at radius 1 is 0.900 bits per heavy atom. The molecule has 1 aliphatic heterocycles. The molecule has 0 bridgehead atoms. The Balaban J connectivity index is 2.04. The Kier molecular flexibility index (Phi) is 4.03. The van der Waals surface area contributed by atoms with E-state index in [2.05, 4.69) is 12.1 Å². The number of allylic oxidation sites excluding steroid dienone is 1. The summed E-state index contributed by atoms with van der Waals surface area (Å²) in [6.07, 6.45) is 0.975. The molecule has 0 saturated heterocycles. The Morgan fingerprint density at radius 3 is 2.25 bits per heavy atom. The SMILES string of the molecule is O=C(C1=C(c2ccccc2)CCSC1)c1ccccc1. The third-order valence-corrected chi connectivity index (χ3v) is 4.52. The molecule has 1 nitrogen and oxygen atoms in total. The molecule has 0 atom stereocenters. The van der Waals surface area contributed by atoms with Gasteiger partial charge in [0, 0.05) is 16.9 Å². The van der Waals surface area contributed by atoms with E-state index in [4.69, 9.17) is 0 Å². The van der Waals surface area contributed by atoms with Gasteiger partial charge >= 0.3 is 0 Å². The average Bonchev–Trinajstić information content (AvgIpc) is 2.56. The second-order valence-electron chi connectivity index (χ2n) is 4.82. The van der Waals surface area contributed by atoms with Gasteiger partial charge in [-0.15, -0.1) is 0 Å². The zero-order valence-corrected chi connectivity index (χ0v) is 12.0. The van der Waals surface area contributed by atoms with Crippen LogP contribution in [0.5, 0.6) is 0 Å². The topological polar surface area (TPSA) is 17.1 Å². The molecule has 0 amide bonds. The molecule has 2 heteroatoms. The summed E-state index contributed by atoms with van der Waals surface area (Å²) in [6, 6.07) is 19.9. The zero-order chi connectivity index (χ0) is 13.8. The number of hydrogen-bond acceptors (Lipinski definition) is 2. The first-order valence-electron chi connectivity index (χ1n) is 6.81. The number of carbonyl (C=O) groups is 1. The van der Waals surface area contributed by atoms with Gasteiger partial charge in [-0.25, -0.2) is 0 Å². The van der Waals surface area contributed by atoms with Gasteiger partial charge in [0.05, 0.1) is 0 Å². The summed E-state index contributed by atoms with van der Waals surface area (Å²) in [4.78, 5) is 12.7. The van der Waals surface area contributed by atoms with Gasteiger partial charge in [0.15, 0.2) is 5.78 Å². The van der Waals surface area contributed by atoms with E-state index in [1.54, 1.807) is 0 Å². The van der Waals surface area contributed by atoms with Crippen LogP contribution in [-0.2, 0) is 0 Å². The lowest BCUT2D eigenvalue weighted by atomic mass is 9.93. The van der Waals surface area contributed by atoms with Crippen molar-refractivity contribution in [1.82, 2.24) is 0 Å². The fraction of sp³-hybridized carbons (Fsp3) is 0.167. The van der Waals surface area contributed by atoms with Crippen LogP contribution >= 0.6 is 11.8 Å². The molecule has 0 unspecified atom stereocenters. The van der Waals surface area contributed by atoms with E-state index in [1.165, 1.54) is 11.1 Å². The minimum atomic E-state index is 0.177. The predicted octanol–water partition coefficient (Wildman–Crippen LogP) is 4.46. The smallest absolute Gasteiger partial charge is 0.190 e. The predicted molar refractivity (Wildman–Crippen MR) is 86.1 cm³/mol. The molecule has 0 radical (unpaired) electrons. The Labute approximate surface area is 123 Å². The second-order valence-corrected chi connectivity index (χ2v) is 5.93. The molecule has 0 aromatic heterocycles. The van der Waals surface area contributed by atoms with Gasteiger partial charge in [-0.2, -0.15) is 11.8 Å². The number of carbonyl (C=O) groups excluding carboxylic acids is 1. The van der Waals surface area contributed by atoms with E-state index in [0.717, 1.165) is 29.1 Å². The van der Waals surface area contributed by atoms with Crippen LogP contribution in [0.15, 0.2) is 66.2 Å². The highest BCUT2D eigenvalue weighted by Gasteiger charge is 2.21. The first kappa shape index (κ1) is 13.2. The molecule has 20 heavy (non-hydrogen) atoms. The van der Waals surface area contributed by atoms with Crippen LogP contribution in [0, 0.1) is 0 Å². The lowest BCUT2D eigenvalue weighted by Crippen LogP contribution is -2.13. The van der Waals surface area contributed by atoms with Crippen molar-refractivity contribution in [2.45, 2.75) is 6.42 Å². The molecule has 0 N–H and O–H groups in total. The van der Waals surface area contributed by atoms with Crippen LogP contribution in [0.1, 0.15) is 22.3 Å². The number of thioether (sulfide) groups is 1. The second kappa shape index (κ2) is 6.10. The normalized spacial score (nSPS) is 15.2. The van der Waals surface area contributed by atoms with Crippen LogP contribution in [0.25, 0.3) is 5.57 Å². The lowest BCUT2D eigenvalue weighted by molar-refractivity contribution is 0.103. The highest BCUT2D eigenvalue weighted by atomic mass is 32.2. The molecule has 0 saturated carbocycles. The summed E-state index contributed by atoms with van der Waals surface area (Å²) in [5.41, 5.74) is 4.17. The van der Waals surface area contributed by atoms with Crippen LogP contribution < -0.4 is 0 Å². The van der Waals surface area contributed by atoms with Crippen molar-refractivity contribution in [2.24, 2.45) is 0 Å². The Morgan fingerprint density at radius 2 is 1.55 bits per heavy atom. The molecule has 1 heterocycles. The van der Waals surface area contributed by atoms with E-state index in [9.17, 15) is 4.79 Å². The summed E-state index contributed by atoms with van der Waals surface area (Å²) in [7, 11) is 0. The number of benzene rings is 2. The van der Waals surface area contributed by atoms with Crippen molar-refractivity contribution >= 4 is 23.1 Å². The van der Waals surface area contributed by atoms with Crippen molar-refractivity contribution in [3.63, 3.8) is 0 Å². The zero-order valence-electron chi connectivity index (χ0n) is 11.2. The van der Waals surface area contributed by atoms with Gasteiger partial charge in [0.25, 0.3) is 0 Å². The summed E-state index contributed by atoms with van der Waals surface area (Å²) in [6.45, 7) is 0. The maximum atomic E-state index is 12.7. The van der Waals surface area contributed by atoms with Crippen LogP contribution in [0.3, 0.4) is 0 Å². The minimum absolute atomic E-state index is 0.177. The maximum Gasteiger partial charge on any atom is 0.190 e. The minimum Gasteiger partial charge on any atom is -0.289 e. The molecule has 0 spiro atoms. The van der Waals surface area contributed by atoms with E-state index >= 15 is 0 Å². The standard InChI is InChI=1S/C18H16OS/c19-18(15-9-5-2-6-10-15)17-13-20-12-11-16(17)14-7-3-1-4-8-14/h1-10H,11-13H2. The molecular formula is C18H16OS. The molecular weight excluding hydrogens is 264 g/mol. The van der Waals surface area contributed by atoms with Crippen molar-refractivity contribution in [3.8, 4) is 0 Å². The molecule has 100 valence electrons. The molecule has 0 aliphatic carbocycles. The maximum absolute atomic E-state index is 12.7. The third kappa shape index (κ3) is 2.70. The van der Waals surface area contributed by atoms with E-state index in [-0.39, 0.29) is 5.78 Å². The Bertz CT molecular complexity index is 629.